The number of aliphatic hydroxyl groups is 1. The van der Waals surface area contributed by atoms with Gasteiger partial charge in [-0.05, 0) is 86.9 Å². The van der Waals surface area contributed by atoms with Crippen molar-refractivity contribution in [3.05, 3.63) is 138 Å². The molecule has 2 amide bonds. The van der Waals surface area contributed by atoms with Gasteiger partial charge in [-0.15, -0.1) is 5.10 Å². The normalized spacial score (nSPS) is 24.4. The van der Waals surface area contributed by atoms with E-state index in [1.54, 1.807) is 22.7 Å². The fraction of sp³-hybridized carbons (Fsp3) is 0.391. The van der Waals surface area contributed by atoms with E-state index >= 15 is 4.11 Å². The monoisotopic (exact) mass is 813 g/mol. The Kier molecular flexibility index (Phi) is 10.3. The van der Waals surface area contributed by atoms with Crippen LogP contribution in [0.5, 0.6) is 0 Å². The average molecular weight is 814 g/mol. The highest BCUT2D eigenvalue weighted by molar-refractivity contribution is 6.72. The summed E-state index contributed by atoms with van der Waals surface area (Å²) in [6, 6.07) is 35.6. The van der Waals surface area contributed by atoms with Gasteiger partial charge in [-0.3, -0.25) is 19.2 Å². The number of para-hydroxylation sites is 2. The number of ether oxygens (including phenoxy) is 1. The van der Waals surface area contributed by atoms with Gasteiger partial charge in [0.15, 0.2) is 5.60 Å². The van der Waals surface area contributed by atoms with Crippen molar-refractivity contribution < 1.29 is 23.5 Å². The van der Waals surface area contributed by atoms with Crippen molar-refractivity contribution in [2.45, 2.75) is 81.1 Å². The molecule has 5 atom stereocenters. The summed E-state index contributed by atoms with van der Waals surface area (Å²) in [7, 11) is -3.37. The summed E-state index contributed by atoms with van der Waals surface area (Å²) >= 11 is 0. The number of hydrogen-bond donors (Lipinski definition) is 2. The minimum Gasteiger partial charge on any atom is -0.395 e. The summed E-state index contributed by atoms with van der Waals surface area (Å²) in [5, 5.41) is 22.4. The quantitative estimate of drug-likeness (QED) is 0.111. The van der Waals surface area contributed by atoms with Gasteiger partial charge in [0.05, 0.1) is 43.2 Å². The Morgan fingerprint density at radius 2 is 1.58 bits per heavy atom. The van der Waals surface area contributed by atoms with E-state index in [1.807, 2.05) is 115 Å². The molecule has 2 spiro atoms. The number of amides is 2. The van der Waals surface area contributed by atoms with Crippen LogP contribution in [0.25, 0.3) is 0 Å². The lowest BCUT2D eigenvalue weighted by Crippen LogP contribution is -2.55. The van der Waals surface area contributed by atoms with Crippen molar-refractivity contribution in [3.8, 4) is 0 Å². The molecule has 3 saturated heterocycles. The van der Waals surface area contributed by atoms with Crippen molar-refractivity contribution in [1.29, 1.82) is 0 Å². The number of aromatic nitrogens is 3. The Morgan fingerprint density at radius 3 is 2.27 bits per heavy atom. The molecule has 5 heterocycles. The van der Waals surface area contributed by atoms with E-state index in [1.165, 1.54) is 0 Å². The number of nitrogens with one attached hydrogen (secondary N) is 1. The molecule has 1 aromatic heterocycles. The molecule has 2 N–H and O–H groups in total. The van der Waals surface area contributed by atoms with Crippen LogP contribution in [-0.4, -0.2) is 78.3 Å². The highest BCUT2D eigenvalue weighted by Crippen LogP contribution is 2.60. The minimum atomic E-state index is -3.37. The first kappa shape index (κ1) is 39.3. The second kappa shape index (κ2) is 15.4. The number of aliphatic hydroxyl groups excluding tert-OH is 1. The van der Waals surface area contributed by atoms with Crippen molar-refractivity contribution in [2.75, 3.05) is 41.1 Å². The summed E-state index contributed by atoms with van der Waals surface area (Å²) in [6.45, 7) is 8.05. The van der Waals surface area contributed by atoms with Crippen LogP contribution >= 0.6 is 0 Å². The summed E-state index contributed by atoms with van der Waals surface area (Å²) in [6.07, 6.45) is 3.22. The molecule has 59 heavy (non-hydrogen) atoms. The van der Waals surface area contributed by atoms with Gasteiger partial charge in [-0.2, -0.15) is 0 Å². The summed E-state index contributed by atoms with van der Waals surface area (Å²) in [5.41, 5.74) is 3.53. The lowest BCUT2D eigenvalue weighted by Gasteiger charge is -2.39. The second-order valence-corrected chi connectivity index (χ2v) is 20.9. The summed E-state index contributed by atoms with van der Waals surface area (Å²) in [5.74, 6) is -0.796. The lowest BCUT2D eigenvalue weighted by atomic mass is 9.82. The highest BCUT2D eigenvalue weighted by Gasteiger charge is 2.66. The van der Waals surface area contributed by atoms with E-state index in [4.69, 9.17) is 4.74 Å². The molecule has 4 aromatic carbocycles. The van der Waals surface area contributed by atoms with Gasteiger partial charge in [-0.25, -0.2) is 0 Å². The van der Waals surface area contributed by atoms with E-state index in [2.05, 4.69) is 32.7 Å². The van der Waals surface area contributed by atoms with Crippen molar-refractivity contribution in [3.63, 3.8) is 0 Å². The molecular weight excluding hydrogens is 762 g/mol. The molecule has 0 saturated carbocycles. The van der Waals surface area contributed by atoms with Gasteiger partial charge in [-0.1, -0.05) is 91.0 Å². The molecule has 4 aliphatic rings. The predicted molar refractivity (Wildman–Crippen MR) is 228 cm³/mol. The fourth-order valence-corrected chi connectivity index (χ4v) is 13.0. The Balaban J connectivity index is 0.949. The summed E-state index contributed by atoms with van der Waals surface area (Å²) in [4.78, 5) is 35.2. The van der Waals surface area contributed by atoms with Crippen LogP contribution < -0.4 is 20.0 Å². The third-order valence-electron chi connectivity index (χ3n) is 13.3. The minimum absolute atomic E-state index is 0.106. The van der Waals surface area contributed by atoms with Crippen LogP contribution in [0.3, 0.4) is 0 Å². The first-order valence-electron chi connectivity index (χ1n) is 20.8. The molecule has 9 rings (SSSR count). The van der Waals surface area contributed by atoms with Crippen molar-refractivity contribution in [1.82, 2.24) is 20.3 Å². The van der Waals surface area contributed by atoms with Gasteiger partial charge >= 0.3 is 0 Å². The van der Waals surface area contributed by atoms with Crippen LogP contribution in [0.2, 0.25) is 18.6 Å². The number of anilines is 3. The van der Waals surface area contributed by atoms with Crippen molar-refractivity contribution >= 4 is 37.3 Å². The van der Waals surface area contributed by atoms with Crippen LogP contribution in [0.15, 0.2) is 115 Å². The zero-order valence-corrected chi connectivity index (χ0v) is 34.9. The number of nitrogens with zero attached hydrogens (tertiary/aromatic N) is 6. The fourth-order valence-electron chi connectivity index (χ4n) is 10.5. The smallest absolute Gasteiger partial charge is 0.264 e. The molecule has 0 bridgehead atoms. The highest BCUT2D eigenvalue weighted by atomic mass is 28.4. The molecule has 5 aromatic rings. The summed E-state index contributed by atoms with van der Waals surface area (Å²) < 4.78 is 25.2. The zero-order valence-electron chi connectivity index (χ0n) is 33.9. The number of piperidine rings is 1. The number of carbonyl (C=O) groups is 2. The number of rotatable bonds is 11. The van der Waals surface area contributed by atoms with E-state index in [9.17, 15) is 14.7 Å². The van der Waals surface area contributed by atoms with Crippen LogP contribution in [0, 0.1) is 5.92 Å². The van der Waals surface area contributed by atoms with E-state index in [0.717, 1.165) is 59.7 Å². The molecule has 13 heteroatoms. The third-order valence-corrected chi connectivity index (χ3v) is 15.8. The van der Waals surface area contributed by atoms with Gasteiger partial charge in [0.2, 0.25) is 8.41 Å². The van der Waals surface area contributed by atoms with Crippen LogP contribution in [-0.2, 0) is 33.0 Å². The second-order valence-electron chi connectivity index (χ2n) is 17.1. The molecular formula is C46H52FN7O4Si. The van der Waals surface area contributed by atoms with Gasteiger partial charge in [0.25, 0.3) is 11.8 Å². The number of halogens is 1. The van der Waals surface area contributed by atoms with Crippen molar-refractivity contribution in [2.24, 2.45) is 5.92 Å². The Morgan fingerprint density at radius 1 is 0.898 bits per heavy atom. The zero-order chi connectivity index (χ0) is 40.9. The number of carbonyl (C=O) groups excluding carboxylic acids is 2. The standard InChI is InChI=1S/C46H52FN7O4Si/c1-32-42(59(2,3)47)41(22-27-51-29-39(49-50-51)37(30-55)34-12-6-4-7-13-34)58-46(32)38-16-10-11-17-40(38)52(44(46)57)28-33-18-20-35(21-19-33)53-31-54(36-14-8-5-9-15-36)45(43(53)56)23-25-48-26-24-45/h4-21,29,32,37,41-42,48,55H,22-28,30-31H2,1-3H3/t32-,37?,41+,42-,46+/m1/s1. The lowest BCUT2D eigenvalue weighted by molar-refractivity contribution is -0.146. The predicted octanol–water partition coefficient (Wildman–Crippen LogP) is 6.75. The third kappa shape index (κ3) is 6.68. The molecule has 4 aliphatic heterocycles. The molecule has 11 nitrogen and oxygen atoms in total. The number of fused-ring (bicyclic) bond motifs is 2. The number of benzene rings is 4. The Labute approximate surface area is 346 Å². The maximum absolute atomic E-state index is 16.5. The van der Waals surface area contributed by atoms with E-state index < -0.39 is 37.1 Å². The van der Waals surface area contributed by atoms with Gasteiger partial charge < -0.3 is 29.1 Å². The molecule has 0 radical (unpaired) electrons. The first-order chi connectivity index (χ1) is 28.5. The molecule has 3 fully saturated rings. The number of aryl methyl sites for hydroxylation is 1. The average Bonchev–Trinajstić information content (AvgIpc) is 3.98. The Hall–Kier alpha value is -5.21. The van der Waals surface area contributed by atoms with Crippen LogP contribution in [0.1, 0.15) is 54.5 Å². The first-order valence-corrected chi connectivity index (χ1v) is 23.8. The molecule has 1 unspecified atom stereocenters. The largest absolute Gasteiger partial charge is 0.395 e. The van der Waals surface area contributed by atoms with E-state index in [0.29, 0.717) is 31.9 Å². The Bertz CT molecular complexity index is 2300. The topological polar surface area (TPSA) is 116 Å². The maximum atomic E-state index is 16.5. The van der Waals surface area contributed by atoms with Crippen LogP contribution in [0.4, 0.5) is 21.2 Å². The molecule has 0 aliphatic carbocycles. The van der Waals surface area contributed by atoms with Gasteiger partial charge in [0, 0.05) is 41.1 Å². The molecule has 306 valence electrons. The van der Waals surface area contributed by atoms with Gasteiger partial charge in [0.1, 0.15) is 5.54 Å². The van der Waals surface area contributed by atoms with E-state index in [-0.39, 0.29) is 24.3 Å². The SMILES string of the molecule is C[C@@H]1[C@@H]([Si](C)(C)F)[C@H](CCn2cc(C(CO)c3ccccc3)nn2)O[C@@]12C(=O)N(Cc1ccc(N3CN(c4ccccc4)C4(CCNCC4)C3=O)cc1)c1ccccc12. The maximum Gasteiger partial charge on any atom is 0.264 e. The number of hydrogen-bond acceptors (Lipinski definition) is 8.